The maximum Gasteiger partial charge on any atom is 0.149 e. The fourth-order valence-corrected chi connectivity index (χ4v) is 1.66. The molecule has 1 atom stereocenters. The van der Waals surface area contributed by atoms with Gasteiger partial charge in [0, 0.05) is 18.6 Å². The summed E-state index contributed by atoms with van der Waals surface area (Å²) >= 11 is 0. The molecule has 0 aliphatic carbocycles. The van der Waals surface area contributed by atoms with Gasteiger partial charge < -0.3 is 16.0 Å². The molecular weight excluding hydrogens is 228 g/mol. The SMILES string of the molecule is CCC(Nc1ncc(C#N)cc1N)c1ncc[nH]1. The molecule has 0 saturated carbocycles. The Bertz CT molecular complexity index is 554. The van der Waals surface area contributed by atoms with E-state index in [0.29, 0.717) is 17.1 Å². The second-order valence-corrected chi connectivity index (χ2v) is 3.85. The predicted molar refractivity (Wildman–Crippen MR) is 68.6 cm³/mol. The number of nitrogens with zero attached hydrogens (tertiary/aromatic N) is 3. The van der Waals surface area contributed by atoms with Crippen molar-refractivity contribution < 1.29 is 0 Å². The number of nitrogens with two attached hydrogens (primary N) is 1. The van der Waals surface area contributed by atoms with Gasteiger partial charge in [-0.3, -0.25) is 0 Å². The van der Waals surface area contributed by atoms with Gasteiger partial charge in [-0.05, 0) is 12.5 Å². The Hall–Kier alpha value is -2.55. The minimum absolute atomic E-state index is 0.0164. The monoisotopic (exact) mass is 242 g/mol. The summed E-state index contributed by atoms with van der Waals surface area (Å²) in [6.45, 7) is 2.04. The van der Waals surface area contributed by atoms with E-state index >= 15 is 0 Å². The molecule has 0 spiro atoms. The van der Waals surface area contributed by atoms with Crippen LogP contribution < -0.4 is 11.1 Å². The summed E-state index contributed by atoms with van der Waals surface area (Å²) in [5.41, 5.74) is 6.75. The van der Waals surface area contributed by atoms with Crippen LogP contribution in [0.3, 0.4) is 0 Å². The molecule has 2 rings (SSSR count). The van der Waals surface area contributed by atoms with Crippen molar-refractivity contribution in [2.75, 3.05) is 11.1 Å². The van der Waals surface area contributed by atoms with Crippen LogP contribution in [0.2, 0.25) is 0 Å². The smallest absolute Gasteiger partial charge is 0.149 e. The maximum absolute atomic E-state index is 8.75. The van der Waals surface area contributed by atoms with E-state index in [4.69, 9.17) is 11.0 Å². The van der Waals surface area contributed by atoms with Crippen molar-refractivity contribution in [1.29, 1.82) is 5.26 Å². The number of nitriles is 1. The standard InChI is InChI=1S/C12H14N6/c1-2-10(12-15-3-4-16-12)18-11-9(14)5-8(6-13)7-17-11/h3-5,7,10H,2,14H2,1H3,(H,15,16)(H,17,18). The van der Waals surface area contributed by atoms with Gasteiger partial charge in [0.2, 0.25) is 0 Å². The van der Waals surface area contributed by atoms with Crippen LogP contribution in [0.5, 0.6) is 0 Å². The van der Waals surface area contributed by atoms with Gasteiger partial charge in [0.1, 0.15) is 17.7 Å². The molecule has 1 unspecified atom stereocenters. The van der Waals surface area contributed by atoms with Gasteiger partial charge in [0.15, 0.2) is 0 Å². The summed E-state index contributed by atoms with van der Waals surface area (Å²) in [7, 11) is 0. The number of hydrogen-bond acceptors (Lipinski definition) is 5. The Labute approximate surface area is 105 Å². The van der Waals surface area contributed by atoms with E-state index in [0.717, 1.165) is 12.2 Å². The van der Waals surface area contributed by atoms with Crippen molar-refractivity contribution in [2.45, 2.75) is 19.4 Å². The highest BCUT2D eigenvalue weighted by Crippen LogP contribution is 2.23. The zero-order chi connectivity index (χ0) is 13.0. The number of pyridine rings is 1. The first-order valence-corrected chi connectivity index (χ1v) is 5.66. The number of nitrogens with one attached hydrogen (secondary N) is 2. The van der Waals surface area contributed by atoms with E-state index < -0.39 is 0 Å². The first kappa shape index (κ1) is 11.9. The van der Waals surface area contributed by atoms with Crippen LogP contribution in [0.15, 0.2) is 24.7 Å². The molecule has 2 heterocycles. The highest BCUT2D eigenvalue weighted by atomic mass is 15.1. The van der Waals surface area contributed by atoms with Gasteiger partial charge in [-0.2, -0.15) is 5.26 Å². The molecule has 18 heavy (non-hydrogen) atoms. The normalized spacial score (nSPS) is 11.8. The molecule has 0 fully saturated rings. The Morgan fingerprint density at radius 2 is 2.39 bits per heavy atom. The lowest BCUT2D eigenvalue weighted by molar-refractivity contribution is 0.701. The fraction of sp³-hybridized carbons (Fsp3) is 0.250. The van der Waals surface area contributed by atoms with Crippen LogP contribution in [0, 0.1) is 11.3 Å². The summed E-state index contributed by atoms with van der Waals surface area (Å²) in [6.07, 6.45) is 5.81. The first-order chi connectivity index (χ1) is 8.74. The Morgan fingerprint density at radius 3 is 2.94 bits per heavy atom. The minimum atomic E-state index is 0.0164. The third-order valence-corrected chi connectivity index (χ3v) is 2.61. The van der Waals surface area contributed by atoms with Crippen LogP contribution in [-0.2, 0) is 0 Å². The zero-order valence-corrected chi connectivity index (χ0v) is 10.0. The van der Waals surface area contributed by atoms with Gasteiger partial charge in [-0.15, -0.1) is 0 Å². The first-order valence-electron chi connectivity index (χ1n) is 5.66. The summed E-state index contributed by atoms with van der Waals surface area (Å²) < 4.78 is 0. The molecule has 0 amide bonds. The second-order valence-electron chi connectivity index (χ2n) is 3.85. The number of rotatable bonds is 4. The van der Waals surface area contributed by atoms with Crippen LogP contribution in [-0.4, -0.2) is 15.0 Å². The van der Waals surface area contributed by atoms with Gasteiger partial charge in [0.25, 0.3) is 0 Å². The molecule has 6 heteroatoms. The molecule has 6 nitrogen and oxygen atoms in total. The second kappa shape index (κ2) is 5.19. The largest absolute Gasteiger partial charge is 0.396 e. The van der Waals surface area contributed by atoms with Gasteiger partial charge in [0.05, 0.1) is 17.3 Å². The van der Waals surface area contributed by atoms with Crippen molar-refractivity contribution in [1.82, 2.24) is 15.0 Å². The summed E-state index contributed by atoms with van der Waals surface area (Å²) in [4.78, 5) is 11.4. The summed E-state index contributed by atoms with van der Waals surface area (Å²) in [6, 6.07) is 3.62. The summed E-state index contributed by atoms with van der Waals surface area (Å²) in [5, 5.41) is 12.0. The number of aromatic nitrogens is 3. The fourth-order valence-electron chi connectivity index (χ4n) is 1.66. The van der Waals surface area contributed by atoms with Gasteiger partial charge in [-0.25, -0.2) is 9.97 Å². The van der Waals surface area contributed by atoms with Crippen LogP contribution >= 0.6 is 0 Å². The molecule has 2 aromatic heterocycles. The van der Waals surface area contributed by atoms with Crippen LogP contribution in [0.1, 0.15) is 30.8 Å². The van der Waals surface area contributed by atoms with Crippen molar-refractivity contribution in [3.8, 4) is 6.07 Å². The molecule has 0 radical (unpaired) electrons. The highest BCUT2D eigenvalue weighted by molar-refractivity contribution is 5.63. The third kappa shape index (κ3) is 2.40. The number of anilines is 2. The molecule has 4 N–H and O–H groups in total. The number of H-pyrrole nitrogens is 1. The highest BCUT2D eigenvalue weighted by Gasteiger charge is 2.13. The predicted octanol–water partition coefficient (Wildman–Crippen LogP) is 1.82. The van der Waals surface area contributed by atoms with Crippen molar-refractivity contribution in [3.05, 3.63) is 36.0 Å². The van der Waals surface area contributed by atoms with Crippen molar-refractivity contribution in [3.63, 3.8) is 0 Å². The number of imidazole rings is 1. The molecule has 0 bridgehead atoms. The minimum Gasteiger partial charge on any atom is -0.396 e. The zero-order valence-electron chi connectivity index (χ0n) is 10.0. The van der Waals surface area contributed by atoms with E-state index in [1.165, 1.54) is 6.20 Å². The lowest BCUT2D eigenvalue weighted by atomic mass is 10.2. The maximum atomic E-state index is 8.75. The molecular formula is C12H14N6. The third-order valence-electron chi connectivity index (χ3n) is 2.61. The quantitative estimate of drug-likeness (QED) is 0.758. The lowest BCUT2D eigenvalue weighted by Crippen LogP contribution is -2.13. The van der Waals surface area contributed by atoms with E-state index in [-0.39, 0.29) is 6.04 Å². The van der Waals surface area contributed by atoms with E-state index in [9.17, 15) is 0 Å². The van der Waals surface area contributed by atoms with Crippen LogP contribution in [0.25, 0.3) is 0 Å². The van der Waals surface area contributed by atoms with Crippen molar-refractivity contribution in [2.24, 2.45) is 0 Å². The molecule has 92 valence electrons. The number of hydrogen-bond donors (Lipinski definition) is 3. The van der Waals surface area contributed by atoms with Gasteiger partial charge >= 0.3 is 0 Å². The lowest BCUT2D eigenvalue weighted by Gasteiger charge is -2.16. The molecule has 0 aliphatic heterocycles. The van der Waals surface area contributed by atoms with E-state index in [1.54, 1.807) is 18.5 Å². The molecule has 0 saturated heterocycles. The topological polar surface area (TPSA) is 103 Å². The number of aromatic amines is 1. The Balaban J connectivity index is 2.20. The van der Waals surface area contributed by atoms with Crippen molar-refractivity contribution >= 4 is 11.5 Å². The Kier molecular flexibility index (Phi) is 3.44. The van der Waals surface area contributed by atoms with E-state index in [2.05, 4.69) is 20.3 Å². The average molecular weight is 242 g/mol. The molecule has 0 aromatic carbocycles. The summed E-state index contributed by atoms with van der Waals surface area (Å²) in [5.74, 6) is 1.40. The molecule has 0 aliphatic rings. The number of nitrogen functional groups attached to an aromatic ring is 1. The average Bonchev–Trinajstić information content (AvgIpc) is 2.91. The molecule has 2 aromatic rings. The van der Waals surface area contributed by atoms with E-state index in [1.807, 2.05) is 13.0 Å². The Morgan fingerprint density at radius 1 is 1.56 bits per heavy atom. The van der Waals surface area contributed by atoms with Gasteiger partial charge in [-0.1, -0.05) is 6.92 Å². The van der Waals surface area contributed by atoms with Crippen LogP contribution in [0.4, 0.5) is 11.5 Å².